The van der Waals surface area contributed by atoms with Crippen LogP contribution in [0.25, 0.3) is 10.8 Å². The maximum Gasteiger partial charge on any atom is 0.165 e. The third kappa shape index (κ3) is 3.24. The van der Waals surface area contributed by atoms with Crippen molar-refractivity contribution in [2.24, 2.45) is 4.99 Å². The summed E-state index contributed by atoms with van der Waals surface area (Å²) in [5.74, 6) is 0. The first-order valence-corrected chi connectivity index (χ1v) is 10.0. The molecule has 1 aliphatic carbocycles. The average molecular weight is 387 g/mol. The number of benzene rings is 3. The van der Waals surface area contributed by atoms with Gasteiger partial charge in [0.2, 0.25) is 0 Å². The molecule has 25 heavy (non-hydrogen) atoms. The number of nitrogens with one attached hydrogen (secondary N) is 1. The smallest absolute Gasteiger partial charge is 0.165 e. The maximum atomic E-state index is 6.10. The highest BCUT2D eigenvalue weighted by atomic mass is 35.5. The van der Waals surface area contributed by atoms with Gasteiger partial charge in [-0.05, 0) is 59.9 Å². The highest BCUT2D eigenvalue weighted by Crippen LogP contribution is 2.36. The van der Waals surface area contributed by atoms with E-state index in [0.29, 0.717) is 10.0 Å². The summed E-state index contributed by atoms with van der Waals surface area (Å²) in [4.78, 5) is 4.86. The Morgan fingerprint density at radius 3 is 2.56 bits per heavy atom. The summed E-state index contributed by atoms with van der Waals surface area (Å²) in [6.45, 7) is 0. The summed E-state index contributed by atoms with van der Waals surface area (Å²) in [5.41, 5.74) is 4.70. The van der Waals surface area contributed by atoms with Gasteiger partial charge in [-0.1, -0.05) is 59.2 Å². The molecule has 0 bridgehead atoms. The number of thioether (sulfide) groups is 1. The first kappa shape index (κ1) is 16.8. The van der Waals surface area contributed by atoms with E-state index in [1.54, 1.807) is 17.8 Å². The van der Waals surface area contributed by atoms with E-state index in [9.17, 15) is 0 Å². The first-order valence-electron chi connectivity index (χ1n) is 8.04. The van der Waals surface area contributed by atoms with Crippen LogP contribution in [0.1, 0.15) is 11.1 Å². The lowest BCUT2D eigenvalue weighted by Crippen LogP contribution is -2.06. The fourth-order valence-corrected chi connectivity index (χ4v) is 3.97. The SMILES string of the molecule is CSC(=Nc1ccc2c3c(cccc13)CC2)Nc1ccc(Cl)c(Cl)c1. The lowest BCUT2D eigenvalue weighted by atomic mass is 10.0. The van der Waals surface area contributed by atoms with Crippen molar-refractivity contribution in [1.82, 2.24) is 0 Å². The Kier molecular flexibility index (Phi) is 4.63. The van der Waals surface area contributed by atoms with Gasteiger partial charge in [0.1, 0.15) is 0 Å². The molecule has 126 valence electrons. The number of halogens is 2. The van der Waals surface area contributed by atoms with Crippen LogP contribution in [-0.4, -0.2) is 11.4 Å². The first-order chi connectivity index (χ1) is 12.2. The van der Waals surface area contributed by atoms with E-state index in [1.807, 2.05) is 18.4 Å². The Hall–Kier alpha value is -1.68. The van der Waals surface area contributed by atoms with E-state index in [4.69, 9.17) is 28.2 Å². The van der Waals surface area contributed by atoms with Gasteiger partial charge in [0.15, 0.2) is 5.17 Å². The molecule has 3 aromatic carbocycles. The van der Waals surface area contributed by atoms with Gasteiger partial charge in [-0.25, -0.2) is 4.99 Å². The van der Waals surface area contributed by atoms with Gasteiger partial charge < -0.3 is 5.32 Å². The molecule has 0 aliphatic heterocycles. The summed E-state index contributed by atoms with van der Waals surface area (Å²) in [5, 5.41) is 7.80. The molecule has 4 rings (SSSR count). The zero-order valence-electron chi connectivity index (χ0n) is 13.6. The van der Waals surface area contributed by atoms with Crippen LogP contribution in [0.5, 0.6) is 0 Å². The minimum absolute atomic E-state index is 0.525. The van der Waals surface area contributed by atoms with Crippen molar-refractivity contribution in [2.75, 3.05) is 11.6 Å². The highest BCUT2D eigenvalue weighted by molar-refractivity contribution is 8.13. The lowest BCUT2D eigenvalue weighted by molar-refractivity contribution is 1.02. The Bertz CT molecular complexity index is 988. The predicted octanol–water partition coefficient (Wildman–Crippen LogP) is 6.71. The molecule has 5 heteroatoms. The van der Waals surface area contributed by atoms with Crippen molar-refractivity contribution in [3.8, 4) is 0 Å². The second-order valence-corrected chi connectivity index (χ2v) is 7.57. The lowest BCUT2D eigenvalue weighted by Gasteiger charge is -2.10. The fraction of sp³-hybridized carbons (Fsp3) is 0.150. The number of rotatable bonds is 2. The Balaban J connectivity index is 1.73. The second-order valence-electron chi connectivity index (χ2n) is 5.96. The molecule has 3 aromatic rings. The van der Waals surface area contributed by atoms with Crippen LogP contribution in [0.3, 0.4) is 0 Å². The molecule has 2 nitrogen and oxygen atoms in total. The van der Waals surface area contributed by atoms with E-state index in [0.717, 1.165) is 29.4 Å². The van der Waals surface area contributed by atoms with Gasteiger partial charge in [-0.15, -0.1) is 0 Å². The van der Waals surface area contributed by atoms with E-state index in [2.05, 4.69) is 35.6 Å². The summed E-state index contributed by atoms with van der Waals surface area (Å²) >= 11 is 13.7. The molecule has 0 atom stereocenters. The maximum absolute atomic E-state index is 6.10. The van der Waals surface area contributed by atoms with Crippen molar-refractivity contribution in [3.63, 3.8) is 0 Å². The summed E-state index contributed by atoms with van der Waals surface area (Å²) in [7, 11) is 0. The Morgan fingerprint density at radius 1 is 1.00 bits per heavy atom. The average Bonchev–Trinajstić information content (AvgIpc) is 3.04. The molecule has 0 fully saturated rings. The van der Waals surface area contributed by atoms with Gasteiger partial charge in [0, 0.05) is 11.1 Å². The van der Waals surface area contributed by atoms with Crippen LogP contribution < -0.4 is 5.32 Å². The topological polar surface area (TPSA) is 24.4 Å². The number of aryl methyl sites for hydroxylation is 2. The Morgan fingerprint density at radius 2 is 1.80 bits per heavy atom. The third-order valence-corrected chi connectivity index (χ3v) is 5.76. The normalized spacial score (nSPS) is 13.5. The number of anilines is 1. The van der Waals surface area contributed by atoms with Crippen molar-refractivity contribution < 1.29 is 0 Å². The van der Waals surface area contributed by atoms with Crippen molar-refractivity contribution in [1.29, 1.82) is 0 Å². The second kappa shape index (κ2) is 6.91. The van der Waals surface area contributed by atoms with Crippen LogP contribution in [-0.2, 0) is 12.8 Å². The van der Waals surface area contributed by atoms with Crippen molar-refractivity contribution >= 4 is 62.3 Å². The molecular formula is C20H16Cl2N2S. The molecule has 0 aromatic heterocycles. The van der Waals surface area contributed by atoms with Crippen molar-refractivity contribution in [2.45, 2.75) is 12.8 Å². The number of nitrogens with zero attached hydrogens (tertiary/aromatic N) is 1. The molecule has 0 amide bonds. The van der Waals surface area contributed by atoms with E-state index >= 15 is 0 Å². The zero-order chi connectivity index (χ0) is 17.4. The molecule has 0 saturated heterocycles. The molecule has 0 heterocycles. The largest absolute Gasteiger partial charge is 0.335 e. The van der Waals surface area contributed by atoms with Crippen LogP contribution >= 0.6 is 35.0 Å². The van der Waals surface area contributed by atoms with Gasteiger partial charge in [-0.3, -0.25) is 0 Å². The highest BCUT2D eigenvalue weighted by Gasteiger charge is 2.15. The fourth-order valence-electron chi connectivity index (χ4n) is 3.26. The standard InChI is InChI=1S/C20H16Cl2N2S/c1-25-20(23-14-8-9-16(21)17(22)11-14)24-18-10-7-13-6-5-12-3-2-4-15(18)19(12)13/h2-4,7-11H,5-6H2,1H3,(H,23,24). The third-order valence-electron chi connectivity index (χ3n) is 4.44. The number of aliphatic imine (C=N–C) groups is 1. The molecule has 0 unspecified atom stereocenters. The predicted molar refractivity (Wildman–Crippen MR) is 112 cm³/mol. The van der Waals surface area contributed by atoms with Gasteiger partial charge in [0.05, 0.1) is 15.7 Å². The summed E-state index contributed by atoms with van der Waals surface area (Å²) in [6, 6.07) is 16.3. The van der Waals surface area contributed by atoms with E-state index in [1.165, 1.54) is 21.9 Å². The minimum atomic E-state index is 0.525. The monoisotopic (exact) mass is 386 g/mol. The summed E-state index contributed by atoms with van der Waals surface area (Å²) in [6.07, 6.45) is 4.25. The van der Waals surface area contributed by atoms with Crippen LogP contribution in [0, 0.1) is 0 Å². The molecule has 0 saturated carbocycles. The number of hydrogen-bond acceptors (Lipinski definition) is 2. The summed E-state index contributed by atoms with van der Waals surface area (Å²) < 4.78 is 0. The van der Waals surface area contributed by atoms with Crippen LogP contribution in [0.2, 0.25) is 10.0 Å². The van der Waals surface area contributed by atoms with E-state index in [-0.39, 0.29) is 0 Å². The quantitative estimate of drug-likeness (QED) is 0.390. The molecule has 1 N–H and O–H groups in total. The zero-order valence-corrected chi connectivity index (χ0v) is 16.0. The molecule has 0 spiro atoms. The van der Waals surface area contributed by atoms with Crippen molar-refractivity contribution in [3.05, 3.63) is 69.7 Å². The van der Waals surface area contributed by atoms with Crippen LogP contribution in [0.15, 0.2) is 53.5 Å². The molecule has 1 aliphatic rings. The van der Waals surface area contributed by atoms with Gasteiger partial charge in [-0.2, -0.15) is 0 Å². The van der Waals surface area contributed by atoms with Gasteiger partial charge in [0.25, 0.3) is 0 Å². The van der Waals surface area contributed by atoms with Gasteiger partial charge >= 0.3 is 0 Å². The Labute approximate surface area is 161 Å². The van der Waals surface area contributed by atoms with Crippen LogP contribution in [0.4, 0.5) is 11.4 Å². The number of hydrogen-bond donors (Lipinski definition) is 1. The minimum Gasteiger partial charge on any atom is -0.335 e. The molecule has 0 radical (unpaired) electrons. The van der Waals surface area contributed by atoms with E-state index < -0.39 is 0 Å². The number of amidine groups is 1. The molecular weight excluding hydrogens is 371 g/mol.